The fourth-order valence-electron chi connectivity index (χ4n) is 2.18. The number of hydrogen-bond donors (Lipinski definition) is 0. The van der Waals surface area contributed by atoms with Gasteiger partial charge in [-0.1, -0.05) is 12.1 Å². The minimum absolute atomic E-state index is 0.325. The van der Waals surface area contributed by atoms with Gasteiger partial charge in [0.1, 0.15) is 11.5 Å². The second kappa shape index (κ2) is 6.57. The van der Waals surface area contributed by atoms with Crippen molar-refractivity contribution < 1.29 is 19.0 Å². The van der Waals surface area contributed by atoms with Gasteiger partial charge < -0.3 is 14.2 Å². The van der Waals surface area contributed by atoms with Crippen LogP contribution in [0.5, 0.6) is 11.5 Å². The second-order valence-electron chi connectivity index (χ2n) is 5.22. The average Bonchev–Trinajstić information content (AvgIpc) is 2.45. The number of hydrogen-bond acceptors (Lipinski definition) is 4. The van der Waals surface area contributed by atoms with Crippen LogP contribution >= 0.6 is 15.9 Å². The standard InChI is InChI=1S/C17H19BrO4/c1-5-21-16(19)11-9-13-12(15(10-11)20-4)7-6-8-14(13)22-17(2,3)18/h6-10H,5H2,1-4H3. The van der Waals surface area contributed by atoms with Crippen molar-refractivity contribution in [2.24, 2.45) is 0 Å². The first-order valence-corrected chi connectivity index (χ1v) is 7.81. The van der Waals surface area contributed by atoms with Crippen molar-refractivity contribution in [1.82, 2.24) is 0 Å². The van der Waals surface area contributed by atoms with Crippen molar-refractivity contribution in [3.8, 4) is 11.5 Å². The molecular weight excluding hydrogens is 348 g/mol. The molecule has 0 aliphatic heterocycles. The highest BCUT2D eigenvalue weighted by Gasteiger charge is 2.19. The van der Waals surface area contributed by atoms with E-state index < -0.39 is 4.51 Å². The van der Waals surface area contributed by atoms with Gasteiger partial charge >= 0.3 is 5.97 Å². The average molecular weight is 367 g/mol. The third-order valence-corrected chi connectivity index (χ3v) is 3.16. The minimum Gasteiger partial charge on any atom is -0.496 e. The summed E-state index contributed by atoms with van der Waals surface area (Å²) in [6.45, 7) is 5.90. The Morgan fingerprint density at radius 3 is 2.50 bits per heavy atom. The van der Waals surface area contributed by atoms with Gasteiger partial charge in [-0.15, -0.1) is 0 Å². The summed E-state index contributed by atoms with van der Waals surface area (Å²) in [5.74, 6) is 0.901. The number of alkyl halides is 1. The van der Waals surface area contributed by atoms with Gasteiger partial charge in [-0.05, 0) is 54.9 Å². The van der Waals surface area contributed by atoms with E-state index in [2.05, 4.69) is 15.9 Å². The first kappa shape index (κ1) is 16.6. The maximum Gasteiger partial charge on any atom is 0.338 e. The van der Waals surface area contributed by atoms with Crippen molar-refractivity contribution in [3.05, 3.63) is 35.9 Å². The Bertz CT molecular complexity index is 689. The van der Waals surface area contributed by atoms with Gasteiger partial charge in [0.05, 0.1) is 19.3 Å². The van der Waals surface area contributed by atoms with E-state index in [1.807, 2.05) is 32.0 Å². The fraction of sp³-hybridized carbons (Fsp3) is 0.353. The summed E-state index contributed by atoms with van der Waals surface area (Å²) in [7, 11) is 1.58. The topological polar surface area (TPSA) is 44.8 Å². The molecule has 0 aliphatic carbocycles. The molecule has 0 amide bonds. The molecule has 0 fully saturated rings. The molecular formula is C17H19BrO4. The van der Waals surface area contributed by atoms with Gasteiger partial charge in [0, 0.05) is 10.8 Å². The van der Waals surface area contributed by atoms with Crippen molar-refractivity contribution in [2.75, 3.05) is 13.7 Å². The Morgan fingerprint density at radius 1 is 1.18 bits per heavy atom. The van der Waals surface area contributed by atoms with Gasteiger partial charge in [0.15, 0.2) is 4.51 Å². The van der Waals surface area contributed by atoms with Gasteiger partial charge in [-0.3, -0.25) is 0 Å². The highest BCUT2D eigenvalue weighted by Crippen LogP contribution is 2.36. The number of ether oxygens (including phenoxy) is 3. The number of carbonyl (C=O) groups excluding carboxylic acids is 1. The van der Waals surface area contributed by atoms with E-state index in [-0.39, 0.29) is 5.97 Å². The Morgan fingerprint density at radius 2 is 1.91 bits per heavy atom. The molecule has 0 unspecified atom stereocenters. The van der Waals surface area contributed by atoms with Crippen molar-refractivity contribution in [2.45, 2.75) is 25.3 Å². The third kappa shape index (κ3) is 3.71. The summed E-state index contributed by atoms with van der Waals surface area (Å²) in [6, 6.07) is 9.13. The number of fused-ring (bicyclic) bond motifs is 1. The monoisotopic (exact) mass is 366 g/mol. The molecule has 0 saturated carbocycles. The minimum atomic E-state index is -0.519. The van der Waals surface area contributed by atoms with E-state index in [9.17, 15) is 4.79 Å². The van der Waals surface area contributed by atoms with Crippen LogP contribution in [0.15, 0.2) is 30.3 Å². The summed E-state index contributed by atoms with van der Waals surface area (Å²) in [5.41, 5.74) is 0.439. The van der Waals surface area contributed by atoms with Crippen LogP contribution in [0.1, 0.15) is 31.1 Å². The lowest BCUT2D eigenvalue weighted by Gasteiger charge is -2.21. The van der Waals surface area contributed by atoms with Crippen LogP contribution in [0.3, 0.4) is 0 Å². The van der Waals surface area contributed by atoms with Crippen LogP contribution < -0.4 is 9.47 Å². The summed E-state index contributed by atoms with van der Waals surface area (Å²) in [5, 5.41) is 1.68. The SMILES string of the molecule is CCOC(=O)c1cc(OC)c2cccc(OC(C)(C)Br)c2c1. The molecule has 0 atom stereocenters. The van der Waals surface area contributed by atoms with Crippen molar-refractivity contribution in [3.63, 3.8) is 0 Å². The molecule has 118 valence electrons. The second-order valence-corrected chi connectivity index (χ2v) is 7.13. The number of rotatable bonds is 5. The van der Waals surface area contributed by atoms with E-state index in [4.69, 9.17) is 14.2 Å². The Kier molecular flexibility index (Phi) is 4.96. The fourth-order valence-corrected chi connectivity index (χ4v) is 2.35. The summed E-state index contributed by atoms with van der Waals surface area (Å²) in [6.07, 6.45) is 0. The molecule has 0 aromatic heterocycles. The van der Waals surface area contributed by atoms with Gasteiger partial charge in [0.2, 0.25) is 0 Å². The largest absolute Gasteiger partial charge is 0.496 e. The summed E-state index contributed by atoms with van der Waals surface area (Å²) >= 11 is 3.46. The first-order chi connectivity index (χ1) is 10.4. The molecule has 0 N–H and O–H groups in total. The molecule has 0 saturated heterocycles. The molecule has 0 bridgehead atoms. The van der Waals surface area contributed by atoms with Crippen molar-refractivity contribution in [1.29, 1.82) is 0 Å². The number of esters is 1. The number of carbonyl (C=O) groups is 1. The van der Waals surface area contributed by atoms with Gasteiger partial charge in [0.25, 0.3) is 0 Å². The molecule has 0 spiro atoms. The lowest BCUT2D eigenvalue weighted by molar-refractivity contribution is 0.0526. The highest BCUT2D eigenvalue weighted by atomic mass is 79.9. The number of methoxy groups -OCH3 is 1. The molecule has 0 radical (unpaired) electrons. The zero-order chi connectivity index (χ0) is 16.3. The normalized spacial score (nSPS) is 11.3. The smallest absolute Gasteiger partial charge is 0.338 e. The van der Waals surface area contributed by atoms with Crippen LogP contribution in [0.2, 0.25) is 0 Å². The molecule has 22 heavy (non-hydrogen) atoms. The highest BCUT2D eigenvalue weighted by molar-refractivity contribution is 9.10. The lowest BCUT2D eigenvalue weighted by Crippen LogP contribution is -2.19. The zero-order valence-corrected chi connectivity index (χ0v) is 14.7. The van der Waals surface area contributed by atoms with E-state index in [1.54, 1.807) is 26.2 Å². The molecule has 5 heteroatoms. The maximum absolute atomic E-state index is 12.0. The number of benzene rings is 2. The first-order valence-electron chi connectivity index (χ1n) is 7.01. The molecule has 4 nitrogen and oxygen atoms in total. The molecule has 0 heterocycles. The Balaban J connectivity index is 2.63. The molecule has 0 aliphatic rings. The predicted molar refractivity (Wildman–Crippen MR) is 90.1 cm³/mol. The molecule has 2 aromatic rings. The van der Waals surface area contributed by atoms with Gasteiger partial charge in [-0.25, -0.2) is 4.79 Å². The van der Waals surface area contributed by atoms with Crippen LogP contribution in [-0.2, 0) is 4.74 Å². The zero-order valence-electron chi connectivity index (χ0n) is 13.1. The van der Waals surface area contributed by atoms with E-state index in [0.717, 1.165) is 10.8 Å². The summed E-state index contributed by atoms with van der Waals surface area (Å²) < 4.78 is 15.9. The van der Waals surface area contributed by atoms with E-state index in [0.29, 0.717) is 23.7 Å². The van der Waals surface area contributed by atoms with Crippen LogP contribution in [0.4, 0.5) is 0 Å². The third-order valence-electron chi connectivity index (χ3n) is 3.00. The molecule has 2 aromatic carbocycles. The predicted octanol–water partition coefficient (Wildman–Crippen LogP) is 4.53. The Labute approximate surface area is 138 Å². The summed E-state index contributed by atoms with van der Waals surface area (Å²) in [4.78, 5) is 12.0. The molecule has 2 rings (SSSR count). The maximum atomic E-state index is 12.0. The van der Waals surface area contributed by atoms with Crippen molar-refractivity contribution >= 4 is 32.7 Å². The van der Waals surface area contributed by atoms with E-state index in [1.165, 1.54) is 0 Å². The van der Waals surface area contributed by atoms with Crippen LogP contribution in [0.25, 0.3) is 10.8 Å². The number of halogens is 1. The lowest BCUT2D eigenvalue weighted by atomic mass is 10.0. The van der Waals surface area contributed by atoms with Gasteiger partial charge in [-0.2, -0.15) is 0 Å². The van der Waals surface area contributed by atoms with E-state index >= 15 is 0 Å². The quantitative estimate of drug-likeness (QED) is 0.575. The van der Waals surface area contributed by atoms with Crippen LogP contribution in [-0.4, -0.2) is 24.2 Å². The van der Waals surface area contributed by atoms with Crippen LogP contribution in [0, 0.1) is 0 Å². The Hall–Kier alpha value is -1.75.